The smallest absolute Gasteiger partial charge is 0.261 e. The third kappa shape index (κ3) is 3.34. The fraction of sp³-hybridized carbons (Fsp3) is 0.190. The van der Waals surface area contributed by atoms with E-state index in [0.29, 0.717) is 29.6 Å². The lowest BCUT2D eigenvalue weighted by atomic mass is 10.2. The van der Waals surface area contributed by atoms with Crippen molar-refractivity contribution >= 4 is 23.2 Å². The summed E-state index contributed by atoms with van der Waals surface area (Å²) < 4.78 is 10.5. The number of methoxy groups -OCH3 is 2. The Morgan fingerprint density at radius 1 is 1.04 bits per heavy atom. The summed E-state index contributed by atoms with van der Waals surface area (Å²) in [5, 5.41) is 3.10. The number of ether oxygens (including phenoxy) is 2. The lowest BCUT2D eigenvalue weighted by molar-refractivity contribution is 0.0988. The van der Waals surface area contributed by atoms with Gasteiger partial charge < -0.3 is 19.7 Å². The Kier molecular flexibility index (Phi) is 4.80. The molecule has 0 atom stereocenters. The molecule has 3 aromatic rings. The quantitative estimate of drug-likeness (QED) is 0.735. The van der Waals surface area contributed by atoms with Crippen molar-refractivity contribution < 1.29 is 14.3 Å². The molecule has 0 unspecified atom stereocenters. The van der Waals surface area contributed by atoms with Crippen molar-refractivity contribution in [2.45, 2.75) is 6.42 Å². The minimum Gasteiger partial charge on any atom is -0.493 e. The number of carbonyl (C=O) groups excluding carboxylic acids is 1. The molecule has 4 rings (SSSR count). The average molecular weight is 376 g/mol. The molecule has 0 saturated heterocycles. The Labute approximate surface area is 163 Å². The monoisotopic (exact) mass is 376 g/mol. The summed E-state index contributed by atoms with van der Waals surface area (Å²) in [7, 11) is 3.16. The molecule has 0 bridgehead atoms. The fourth-order valence-electron chi connectivity index (χ4n) is 3.25. The molecule has 2 heterocycles. The minimum absolute atomic E-state index is 0.0948. The number of aromatic nitrogens is 2. The lowest BCUT2D eigenvalue weighted by Crippen LogP contribution is -2.29. The van der Waals surface area contributed by atoms with Crippen molar-refractivity contribution in [2.24, 2.45) is 0 Å². The molecule has 7 nitrogen and oxygen atoms in total. The summed E-state index contributed by atoms with van der Waals surface area (Å²) in [4.78, 5) is 23.2. The molecule has 0 aliphatic carbocycles. The molecule has 142 valence electrons. The van der Waals surface area contributed by atoms with Gasteiger partial charge in [0.25, 0.3) is 5.91 Å². The van der Waals surface area contributed by atoms with Crippen LogP contribution in [0.4, 0.5) is 17.3 Å². The maximum atomic E-state index is 12.8. The zero-order valence-electron chi connectivity index (χ0n) is 15.7. The maximum absolute atomic E-state index is 12.8. The first kappa shape index (κ1) is 17.8. The van der Waals surface area contributed by atoms with Gasteiger partial charge in [0, 0.05) is 36.4 Å². The summed E-state index contributed by atoms with van der Waals surface area (Å²) in [6, 6.07) is 13.4. The number of fused-ring (bicyclic) bond motifs is 1. The van der Waals surface area contributed by atoms with Crippen molar-refractivity contribution in [1.82, 2.24) is 9.97 Å². The van der Waals surface area contributed by atoms with Crippen molar-refractivity contribution in [3.63, 3.8) is 0 Å². The third-order valence-corrected chi connectivity index (χ3v) is 4.67. The van der Waals surface area contributed by atoms with Crippen LogP contribution in [0.25, 0.3) is 0 Å². The second-order valence-electron chi connectivity index (χ2n) is 6.33. The van der Waals surface area contributed by atoms with E-state index >= 15 is 0 Å². The van der Waals surface area contributed by atoms with Gasteiger partial charge in [0.05, 0.1) is 19.8 Å². The van der Waals surface area contributed by atoms with Gasteiger partial charge in [-0.15, -0.1) is 0 Å². The van der Waals surface area contributed by atoms with E-state index in [4.69, 9.17) is 9.47 Å². The second-order valence-corrected chi connectivity index (χ2v) is 6.33. The predicted octanol–water partition coefficient (Wildman–Crippen LogP) is 3.44. The number of amides is 1. The summed E-state index contributed by atoms with van der Waals surface area (Å²) in [6.45, 7) is 0.670. The highest BCUT2D eigenvalue weighted by atomic mass is 16.5. The molecule has 7 heteroatoms. The molecular weight excluding hydrogens is 356 g/mol. The molecule has 0 fully saturated rings. The molecule has 1 aliphatic rings. The Balaban J connectivity index is 1.49. The Morgan fingerprint density at radius 2 is 1.79 bits per heavy atom. The second kappa shape index (κ2) is 7.56. The van der Waals surface area contributed by atoms with E-state index in [1.54, 1.807) is 43.6 Å². The standard InChI is InChI=1S/C21H20N4O3/c1-27-18-8-7-16(11-19(18)28-2)24-21-22-12-15(13-23-21)20(26)25-10-9-14-5-3-4-6-17(14)25/h3-8,11-13H,9-10H2,1-2H3,(H,22,23,24). The number of hydrogen-bond donors (Lipinski definition) is 1. The van der Waals surface area contributed by atoms with Crippen molar-refractivity contribution in [3.8, 4) is 11.5 Å². The van der Waals surface area contributed by atoms with Gasteiger partial charge in [-0.05, 0) is 30.2 Å². The van der Waals surface area contributed by atoms with Gasteiger partial charge in [-0.3, -0.25) is 4.79 Å². The van der Waals surface area contributed by atoms with Crippen LogP contribution in [0.15, 0.2) is 54.9 Å². The number of anilines is 3. The zero-order chi connectivity index (χ0) is 19.5. The highest BCUT2D eigenvalue weighted by molar-refractivity contribution is 6.07. The molecular formula is C21H20N4O3. The Bertz CT molecular complexity index is 1000. The van der Waals surface area contributed by atoms with Crippen LogP contribution in [-0.4, -0.2) is 36.6 Å². The first-order valence-corrected chi connectivity index (χ1v) is 8.90. The maximum Gasteiger partial charge on any atom is 0.261 e. The molecule has 0 saturated carbocycles. The van der Waals surface area contributed by atoms with Crippen molar-refractivity contribution in [3.05, 3.63) is 66.0 Å². The van der Waals surface area contributed by atoms with Gasteiger partial charge in [-0.2, -0.15) is 0 Å². The third-order valence-electron chi connectivity index (χ3n) is 4.67. The molecule has 1 N–H and O–H groups in total. The van der Waals surface area contributed by atoms with Crippen molar-refractivity contribution in [2.75, 3.05) is 31.0 Å². The molecule has 1 amide bonds. The zero-order valence-corrected chi connectivity index (χ0v) is 15.7. The van der Waals surface area contributed by atoms with E-state index in [2.05, 4.69) is 21.4 Å². The predicted molar refractivity (Wildman–Crippen MR) is 107 cm³/mol. The van der Waals surface area contributed by atoms with Gasteiger partial charge in [-0.1, -0.05) is 18.2 Å². The number of nitrogens with zero attached hydrogens (tertiary/aromatic N) is 3. The van der Waals surface area contributed by atoms with Gasteiger partial charge >= 0.3 is 0 Å². The lowest BCUT2D eigenvalue weighted by Gasteiger charge is -2.17. The Morgan fingerprint density at radius 3 is 2.54 bits per heavy atom. The average Bonchev–Trinajstić information content (AvgIpc) is 3.18. The largest absolute Gasteiger partial charge is 0.493 e. The molecule has 0 spiro atoms. The summed E-state index contributed by atoms with van der Waals surface area (Å²) in [5.74, 6) is 1.54. The topological polar surface area (TPSA) is 76.6 Å². The summed E-state index contributed by atoms with van der Waals surface area (Å²) in [5.41, 5.74) is 3.35. The highest BCUT2D eigenvalue weighted by Crippen LogP contribution is 2.31. The van der Waals surface area contributed by atoms with E-state index in [-0.39, 0.29) is 5.91 Å². The Hall–Kier alpha value is -3.61. The van der Waals surface area contributed by atoms with Crippen LogP contribution in [0.2, 0.25) is 0 Å². The first-order valence-electron chi connectivity index (χ1n) is 8.90. The van der Waals surface area contributed by atoms with Crippen LogP contribution in [0.3, 0.4) is 0 Å². The van der Waals surface area contributed by atoms with E-state index in [1.807, 2.05) is 24.3 Å². The van der Waals surface area contributed by atoms with Crippen LogP contribution in [0.1, 0.15) is 15.9 Å². The SMILES string of the molecule is COc1ccc(Nc2ncc(C(=O)N3CCc4ccccc43)cn2)cc1OC. The first-order chi connectivity index (χ1) is 13.7. The van der Waals surface area contributed by atoms with Crippen LogP contribution in [0.5, 0.6) is 11.5 Å². The molecule has 0 radical (unpaired) electrons. The summed E-state index contributed by atoms with van der Waals surface area (Å²) in [6.07, 6.45) is 3.94. The van der Waals surface area contributed by atoms with Crippen molar-refractivity contribution in [1.29, 1.82) is 0 Å². The van der Waals surface area contributed by atoms with Gasteiger partial charge in [0.15, 0.2) is 11.5 Å². The minimum atomic E-state index is -0.0948. The van der Waals surface area contributed by atoms with Crippen LogP contribution in [-0.2, 0) is 6.42 Å². The summed E-state index contributed by atoms with van der Waals surface area (Å²) >= 11 is 0. The number of nitrogens with one attached hydrogen (secondary N) is 1. The highest BCUT2D eigenvalue weighted by Gasteiger charge is 2.25. The van der Waals surface area contributed by atoms with E-state index < -0.39 is 0 Å². The number of benzene rings is 2. The molecule has 2 aromatic carbocycles. The van der Waals surface area contributed by atoms with Crippen LogP contribution < -0.4 is 19.7 Å². The van der Waals surface area contributed by atoms with E-state index in [9.17, 15) is 4.79 Å². The van der Waals surface area contributed by atoms with Gasteiger partial charge in [-0.25, -0.2) is 9.97 Å². The number of carbonyl (C=O) groups is 1. The van der Waals surface area contributed by atoms with E-state index in [0.717, 1.165) is 17.8 Å². The molecule has 28 heavy (non-hydrogen) atoms. The van der Waals surface area contributed by atoms with Gasteiger partial charge in [0.2, 0.25) is 5.95 Å². The molecule has 1 aliphatic heterocycles. The normalized spacial score (nSPS) is 12.4. The number of rotatable bonds is 5. The number of hydrogen-bond acceptors (Lipinski definition) is 6. The fourth-order valence-corrected chi connectivity index (χ4v) is 3.25. The number of para-hydroxylation sites is 1. The molecule has 1 aromatic heterocycles. The van der Waals surface area contributed by atoms with E-state index in [1.165, 1.54) is 5.56 Å². The van der Waals surface area contributed by atoms with Crippen LogP contribution >= 0.6 is 0 Å². The van der Waals surface area contributed by atoms with Gasteiger partial charge in [0.1, 0.15) is 0 Å². The van der Waals surface area contributed by atoms with Crippen LogP contribution in [0, 0.1) is 0 Å².